The van der Waals surface area contributed by atoms with Crippen LogP contribution in [0.2, 0.25) is 0 Å². The first kappa shape index (κ1) is 12.2. The third-order valence-corrected chi connectivity index (χ3v) is 4.47. The summed E-state index contributed by atoms with van der Waals surface area (Å²) >= 11 is 0. The van der Waals surface area contributed by atoms with Gasteiger partial charge in [0.25, 0.3) is 0 Å². The number of hydrogen-bond acceptors (Lipinski definition) is 2. The van der Waals surface area contributed by atoms with Crippen molar-refractivity contribution in [2.75, 3.05) is 7.05 Å². The Balaban J connectivity index is 2.77. The highest BCUT2D eigenvalue weighted by Gasteiger charge is 2.21. The quantitative estimate of drug-likeness (QED) is 0.787. The molecule has 0 aliphatic rings. The summed E-state index contributed by atoms with van der Waals surface area (Å²) in [6.07, 6.45) is 0. The van der Waals surface area contributed by atoms with E-state index in [1.165, 1.54) is 4.31 Å². The van der Waals surface area contributed by atoms with E-state index in [1.54, 1.807) is 20.9 Å². The molecule has 0 aliphatic carbocycles. The van der Waals surface area contributed by atoms with Gasteiger partial charge in [-0.25, -0.2) is 12.7 Å². The molecular weight excluding hydrogens is 210 g/mol. The topological polar surface area (TPSA) is 37.4 Å². The van der Waals surface area contributed by atoms with Gasteiger partial charge in [0, 0.05) is 13.6 Å². The minimum absolute atomic E-state index is 0.369. The van der Waals surface area contributed by atoms with Gasteiger partial charge >= 0.3 is 0 Å². The van der Waals surface area contributed by atoms with E-state index in [0.717, 1.165) is 5.56 Å². The van der Waals surface area contributed by atoms with Gasteiger partial charge in [-0.2, -0.15) is 0 Å². The molecule has 0 amide bonds. The Labute approximate surface area is 91.8 Å². The fraction of sp³-hybridized carbons (Fsp3) is 0.455. The lowest BCUT2D eigenvalue weighted by Gasteiger charge is -2.19. The third-order valence-electron chi connectivity index (χ3n) is 2.28. The van der Waals surface area contributed by atoms with Crippen molar-refractivity contribution in [3.63, 3.8) is 0 Å². The van der Waals surface area contributed by atoms with E-state index in [4.69, 9.17) is 0 Å². The zero-order valence-electron chi connectivity index (χ0n) is 9.34. The molecule has 0 aromatic heterocycles. The highest BCUT2D eigenvalue weighted by molar-refractivity contribution is 7.89. The van der Waals surface area contributed by atoms with Crippen molar-refractivity contribution in [3.05, 3.63) is 35.9 Å². The number of rotatable bonds is 4. The average Bonchev–Trinajstić information content (AvgIpc) is 2.18. The molecule has 1 aromatic carbocycles. The molecular formula is C11H17NO2S. The van der Waals surface area contributed by atoms with E-state index >= 15 is 0 Å². The Morgan fingerprint density at radius 1 is 1.20 bits per heavy atom. The molecule has 0 fully saturated rings. The largest absolute Gasteiger partial charge is 0.216 e. The van der Waals surface area contributed by atoms with Crippen LogP contribution in [0.1, 0.15) is 19.4 Å². The van der Waals surface area contributed by atoms with Gasteiger partial charge in [-0.05, 0) is 19.4 Å². The van der Waals surface area contributed by atoms with Gasteiger partial charge in [-0.15, -0.1) is 0 Å². The van der Waals surface area contributed by atoms with Crippen LogP contribution in [0.3, 0.4) is 0 Å². The van der Waals surface area contributed by atoms with Crippen LogP contribution in [-0.2, 0) is 16.6 Å². The standard InChI is InChI=1S/C11H17NO2S/c1-10(2)15(13,14)12(3)9-11-7-5-4-6-8-11/h4-8,10H,9H2,1-3H3. The molecule has 0 saturated heterocycles. The molecule has 4 heteroatoms. The summed E-state index contributed by atoms with van der Waals surface area (Å²) in [5, 5.41) is -0.369. The molecule has 3 nitrogen and oxygen atoms in total. The maximum atomic E-state index is 11.8. The van der Waals surface area contributed by atoms with E-state index in [9.17, 15) is 8.42 Å². The van der Waals surface area contributed by atoms with Crippen molar-refractivity contribution in [3.8, 4) is 0 Å². The van der Waals surface area contributed by atoms with Crippen molar-refractivity contribution < 1.29 is 8.42 Å². The number of hydrogen-bond donors (Lipinski definition) is 0. The lowest BCUT2D eigenvalue weighted by atomic mass is 10.2. The molecule has 15 heavy (non-hydrogen) atoms. The Morgan fingerprint density at radius 3 is 2.20 bits per heavy atom. The van der Waals surface area contributed by atoms with Crippen LogP contribution in [0.25, 0.3) is 0 Å². The van der Waals surface area contributed by atoms with Crippen LogP contribution in [0.15, 0.2) is 30.3 Å². The maximum absolute atomic E-state index is 11.8. The smallest absolute Gasteiger partial charge is 0.212 e. The van der Waals surface area contributed by atoms with Gasteiger partial charge in [0.1, 0.15) is 0 Å². The van der Waals surface area contributed by atoms with Crippen LogP contribution >= 0.6 is 0 Å². The molecule has 0 atom stereocenters. The summed E-state index contributed by atoms with van der Waals surface area (Å²) in [7, 11) is -1.53. The van der Waals surface area contributed by atoms with Crippen molar-refractivity contribution >= 4 is 10.0 Å². The van der Waals surface area contributed by atoms with E-state index in [2.05, 4.69) is 0 Å². The highest BCUT2D eigenvalue weighted by Crippen LogP contribution is 2.10. The predicted octanol–water partition coefficient (Wildman–Crippen LogP) is 1.86. The lowest BCUT2D eigenvalue weighted by Crippen LogP contribution is -2.32. The fourth-order valence-electron chi connectivity index (χ4n) is 1.29. The van der Waals surface area contributed by atoms with E-state index in [0.29, 0.717) is 6.54 Å². The fourth-order valence-corrected chi connectivity index (χ4v) is 2.34. The van der Waals surface area contributed by atoms with E-state index in [-0.39, 0.29) is 5.25 Å². The summed E-state index contributed by atoms with van der Waals surface area (Å²) in [6, 6.07) is 9.58. The van der Waals surface area contributed by atoms with Crippen molar-refractivity contribution in [2.45, 2.75) is 25.6 Å². The van der Waals surface area contributed by atoms with Gasteiger partial charge in [0.2, 0.25) is 10.0 Å². The van der Waals surface area contributed by atoms with Crippen LogP contribution in [0.4, 0.5) is 0 Å². The number of benzene rings is 1. The first-order valence-corrected chi connectivity index (χ1v) is 6.44. The minimum atomic E-state index is -3.14. The Hall–Kier alpha value is -0.870. The summed E-state index contributed by atoms with van der Waals surface area (Å²) in [5.41, 5.74) is 1.00. The molecule has 1 aromatic rings. The molecule has 0 saturated carbocycles. The van der Waals surface area contributed by atoms with Gasteiger partial charge in [-0.3, -0.25) is 0 Å². The van der Waals surface area contributed by atoms with Crippen LogP contribution in [-0.4, -0.2) is 25.0 Å². The highest BCUT2D eigenvalue weighted by atomic mass is 32.2. The predicted molar refractivity (Wildman–Crippen MR) is 62.0 cm³/mol. The van der Waals surface area contributed by atoms with Crippen LogP contribution in [0.5, 0.6) is 0 Å². The van der Waals surface area contributed by atoms with Crippen molar-refractivity contribution in [2.24, 2.45) is 0 Å². The monoisotopic (exact) mass is 227 g/mol. The average molecular weight is 227 g/mol. The summed E-state index contributed by atoms with van der Waals surface area (Å²) in [5.74, 6) is 0. The molecule has 1 rings (SSSR count). The molecule has 0 bridgehead atoms. The first-order valence-electron chi connectivity index (χ1n) is 4.93. The zero-order valence-corrected chi connectivity index (χ0v) is 10.2. The second-order valence-corrected chi connectivity index (χ2v) is 6.43. The Kier molecular flexibility index (Phi) is 3.88. The molecule has 0 spiro atoms. The Bertz CT molecular complexity index is 398. The van der Waals surface area contributed by atoms with Gasteiger partial charge in [0.05, 0.1) is 5.25 Å². The van der Waals surface area contributed by atoms with E-state index in [1.807, 2.05) is 30.3 Å². The van der Waals surface area contributed by atoms with Gasteiger partial charge in [-0.1, -0.05) is 30.3 Å². The molecule has 0 aliphatic heterocycles. The van der Waals surface area contributed by atoms with E-state index < -0.39 is 10.0 Å². The maximum Gasteiger partial charge on any atom is 0.216 e. The Morgan fingerprint density at radius 2 is 1.73 bits per heavy atom. The van der Waals surface area contributed by atoms with Gasteiger partial charge < -0.3 is 0 Å². The third kappa shape index (κ3) is 3.04. The SMILES string of the molecule is CC(C)S(=O)(=O)N(C)Cc1ccccc1. The van der Waals surface area contributed by atoms with Crippen LogP contribution in [0, 0.1) is 0 Å². The molecule has 0 N–H and O–H groups in total. The van der Waals surface area contributed by atoms with Crippen molar-refractivity contribution in [1.82, 2.24) is 4.31 Å². The summed E-state index contributed by atoms with van der Waals surface area (Å²) in [4.78, 5) is 0. The normalized spacial score (nSPS) is 12.3. The lowest BCUT2D eigenvalue weighted by molar-refractivity contribution is 0.459. The molecule has 0 unspecified atom stereocenters. The second-order valence-electron chi connectivity index (χ2n) is 3.84. The zero-order chi connectivity index (χ0) is 11.5. The molecule has 0 radical (unpaired) electrons. The van der Waals surface area contributed by atoms with Crippen LogP contribution < -0.4 is 0 Å². The number of sulfonamides is 1. The van der Waals surface area contributed by atoms with Gasteiger partial charge in [0.15, 0.2) is 0 Å². The molecule has 84 valence electrons. The minimum Gasteiger partial charge on any atom is -0.212 e. The summed E-state index contributed by atoms with van der Waals surface area (Å²) in [6.45, 7) is 3.81. The number of nitrogens with zero attached hydrogens (tertiary/aromatic N) is 1. The summed E-state index contributed by atoms with van der Waals surface area (Å²) < 4.78 is 24.9. The molecule has 0 heterocycles. The second kappa shape index (κ2) is 4.77. The first-order chi connectivity index (χ1) is 6.94. The van der Waals surface area contributed by atoms with Crippen molar-refractivity contribution in [1.29, 1.82) is 0 Å².